The lowest BCUT2D eigenvalue weighted by molar-refractivity contribution is 0.130. The Morgan fingerprint density at radius 2 is 2.33 bits per heavy atom. The van der Waals surface area contributed by atoms with Crippen molar-refractivity contribution in [1.82, 2.24) is 15.2 Å². The Morgan fingerprint density at radius 1 is 1.44 bits per heavy atom. The van der Waals surface area contributed by atoms with Crippen molar-refractivity contribution < 1.29 is 0 Å². The summed E-state index contributed by atoms with van der Waals surface area (Å²) < 4.78 is 0. The van der Waals surface area contributed by atoms with Crippen LogP contribution in [0.2, 0.25) is 0 Å². The van der Waals surface area contributed by atoms with Gasteiger partial charge >= 0.3 is 0 Å². The van der Waals surface area contributed by atoms with Gasteiger partial charge in [-0.3, -0.25) is 4.90 Å². The van der Waals surface area contributed by atoms with Crippen molar-refractivity contribution >= 4 is 11.3 Å². The number of hydrogen-bond acceptors (Lipinski definition) is 4. The van der Waals surface area contributed by atoms with Crippen LogP contribution in [0.15, 0.2) is 11.6 Å². The first-order valence-corrected chi connectivity index (χ1v) is 8.02. The summed E-state index contributed by atoms with van der Waals surface area (Å²) in [6.45, 7) is 7.00. The van der Waals surface area contributed by atoms with E-state index >= 15 is 0 Å². The number of rotatable bonds is 3. The Balaban J connectivity index is 1.95. The van der Waals surface area contributed by atoms with Gasteiger partial charge in [0.15, 0.2) is 0 Å². The fourth-order valence-corrected chi connectivity index (χ4v) is 4.62. The van der Waals surface area contributed by atoms with Crippen LogP contribution in [0.4, 0.5) is 0 Å². The molecule has 0 saturated carbocycles. The summed E-state index contributed by atoms with van der Waals surface area (Å²) in [5.41, 5.74) is 0.114. The van der Waals surface area contributed by atoms with Gasteiger partial charge in [-0.15, -0.1) is 11.3 Å². The van der Waals surface area contributed by atoms with Crippen LogP contribution in [-0.2, 0) is 5.54 Å². The Kier molecular flexibility index (Phi) is 3.43. The number of nitrogens with zero attached hydrogens (tertiary/aromatic N) is 2. The summed E-state index contributed by atoms with van der Waals surface area (Å²) in [6, 6.07) is 1.16. The summed E-state index contributed by atoms with van der Waals surface area (Å²) in [7, 11) is 0. The Morgan fingerprint density at radius 3 is 3.06 bits per heavy atom. The Hall–Kier alpha value is -0.450. The third kappa shape index (κ3) is 2.00. The van der Waals surface area contributed by atoms with E-state index in [9.17, 15) is 0 Å². The van der Waals surface area contributed by atoms with E-state index in [4.69, 9.17) is 0 Å². The normalized spacial score (nSPS) is 32.9. The van der Waals surface area contributed by atoms with Crippen LogP contribution in [0.3, 0.4) is 0 Å². The van der Waals surface area contributed by atoms with Gasteiger partial charge in [0, 0.05) is 30.2 Å². The number of aromatic nitrogens is 1. The molecule has 2 unspecified atom stereocenters. The zero-order valence-electron chi connectivity index (χ0n) is 11.4. The predicted octanol–water partition coefficient (Wildman–Crippen LogP) is 2.59. The van der Waals surface area contributed by atoms with Gasteiger partial charge in [-0.1, -0.05) is 6.42 Å². The fraction of sp³-hybridized carbons (Fsp3) is 0.786. The molecule has 2 aliphatic rings. The zero-order valence-corrected chi connectivity index (χ0v) is 12.2. The molecule has 4 heteroatoms. The van der Waals surface area contributed by atoms with Gasteiger partial charge in [0.05, 0.1) is 5.54 Å². The highest BCUT2D eigenvalue weighted by Crippen LogP contribution is 2.43. The second-order valence-corrected chi connectivity index (χ2v) is 6.80. The molecule has 18 heavy (non-hydrogen) atoms. The maximum absolute atomic E-state index is 4.64. The van der Waals surface area contributed by atoms with Crippen molar-refractivity contribution in [3.8, 4) is 0 Å². The molecular formula is C14H23N3S. The Bertz CT molecular complexity index is 390. The lowest BCUT2D eigenvalue weighted by Gasteiger charge is -2.41. The first kappa shape index (κ1) is 12.6. The third-order valence-corrected chi connectivity index (χ3v) is 5.29. The highest BCUT2D eigenvalue weighted by atomic mass is 32.1. The minimum absolute atomic E-state index is 0.114. The van der Waals surface area contributed by atoms with Gasteiger partial charge < -0.3 is 5.32 Å². The monoisotopic (exact) mass is 265 g/mol. The molecule has 3 rings (SSSR count). The average Bonchev–Trinajstić information content (AvgIpc) is 2.97. The van der Waals surface area contributed by atoms with Crippen molar-refractivity contribution in [2.24, 2.45) is 0 Å². The molecule has 1 N–H and O–H groups in total. The highest BCUT2D eigenvalue weighted by molar-refractivity contribution is 7.09. The SMILES string of the molecule is CC(C)NC1(c2nccs2)CCN2CCCCC21. The van der Waals surface area contributed by atoms with Gasteiger partial charge in [0.1, 0.15) is 5.01 Å². The van der Waals surface area contributed by atoms with E-state index in [2.05, 4.69) is 34.4 Å². The van der Waals surface area contributed by atoms with E-state index in [1.54, 1.807) is 0 Å². The van der Waals surface area contributed by atoms with E-state index in [-0.39, 0.29) is 5.54 Å². The fourth-order valence-electron chi connectivity index (χ4n) is 3.74. The third-order valence-electron chi connectivity index (χ3n) is 4.34. The van der Waals surface area contributed by atoms with Crippen LogP contribution in [0.25, 0.3) is 0 Å². The van der Waals surface area contributed by atoms with E-state index in [1.165, 1.54) is 43.8 Å². The molecule has 0 amide bonds. The van der Waals surface area contributed by atoms with Gasteiger partial charge in [0.25, 0.3) is 0 Å². The second-order valence-electron chi connectivity index (χ2n) is 5.91. The smallest absolute Gasteiger partial charge is 0.114 e. The van der Waals surface area contributed by atoms with Crippen LogP contribution in [0.1, 0.15) is 44.5 Å². The van der Waals surface area contributed by atoms with Crippen molar-refractivity contribution in [2.75, 3.05) is 13.1 Å². The van der Waals surface area contributed by atoms with Gasteiger partial charge in [0.2, 0.25) is 0 Å². The molecule has 2 fully saturated rings. The number of thiazole rings is 1. The van der Waals surface area contributed by atoms with Crippen molar-refractivity contribution in [3.05, 3.63) is 16.6 Å². The molecule has 0 radical (unpaired) electrons. The second kappa shape index (κ2) is 4.91. The summed E-state index contributed by atoms with van der Waals surface area (Å²) in [4.78, 5) is 7.32. The molecule has 100 valence electrons. The summed E-state index contributed by atoms with van der Waals surface area (Å²) >= 11 is 1.82. The molecule has 1 aromatic heterocycles. The summed E-state index contributed by atoms with van der Waals surface area (Å²) in [5, 5.41) is 7.28. The predicted molar refractivity (Wildman–Crippen MR) is 75.9 cm³/mol. The Labute approximate surface area is 114 Å². The van der Waals surface area contributed by atoms with Crippen LogP contribution in [0.5, 0.6) is 0 Å². The first-order valence-electron chi connectivity index (χ1n) is 7.14. The van der Waals surface area contributed by atoms with Gasteiger partial charge in [-0.05, 0) is 39.7 Å². The zero-order chi connectivity index (χ0) is 12.6. The van der Waals surface area contributed by atoms with E-state index < -0.39 is 0 Å². The van der Waals surface area contributed by atoms with Crippen LogP contribution in [-0.4, -0.2) is 35.1 Å². The molecule has 2 atom stereocenters. The quantitative estimate of drug-likeness (QED) is 0.910. The van der Waals surface area contributed by atoms with Crippen molar-refractivity contribution in [3.63, 3.8) is 0 Å². The topological polar surface area (TPSA) is 28.2 Å². The van der Waals surface area contributed by atoms with E-state index in [0.717, 1.165) is 0 Å². The maximum atomic E-state index is 4.64. The molecule has 1 aromatic rings. The molecular weight excluding hydrogens is 242 g/mol. The molecule has 2 saturated heterocycles. The minimum atomic E-state index is 0.114. The van der Waals surface area contributed by atoms with Gasteiger partial charge in [-0.25, -0.2) is 4.98 Å². The van der Waals surface area contributed by atoms with Crippen molar-refractivity contribution in [2.45, 2.75) is 57.2 Å². The maximum Gasteiger partial charge on any atom is 0.114 e. The standard InChI is InChI=1S/C14H23N3S/c1-11(2)16-14(13-15-7-10-18-13)6-9-17-8-4-3-5-12(14)17/h7,10-12,16H,3-6,8-9H2,1-2H3. The number of nitrogens with one attached hydrogen (secondary N) is 1. The summed E-state index contributed by atoms with van der Waals surface area (Å²) in [5.74, 6) is 0. The van der Waals surface area contributed by atoms with Crippen LogP contribution < -0.4 is 5.32 Å². The van der Waals surface area contributed by atoms with Crippen LogP contribution >= 0.6 is 11.3 Å². The molecule has 3 heterocycles. The van der Waals surface area contributed by atoms with Crippen LogP contribution in [0, 0.1) is 0 Å². The molecule has 2 aliphatic heterocycles. The lowest BCUT2D eigenvalue weighted by atomic mass is 9.85. The molecule has 0 spiro atoms. The molecule has 0 aliphatic carbocycles. The first-order chi connectivity index (χ1) is 8.72. The van der Waals surface area contributed by atoms with E-state index in [1.807, 2.05) is 17.5 Å². The largest absolute Gasteiger partial charge is 0.302 e. The molecule has 0 aromatic carbocycles. The van der Waals surface area contributed by atoms with Crippen molar-refractivity contribution in [1.29, 1.82) is 0 Å². The van der Waals surface area contributed by atoms with Gasteiger partial charge in [-0.2, -0.15) is 0 Å². The summed E-state index contributed by atoms with van der Waals surface area (Å²) in [6.07, 6.45) is 7.22. The van der Waals surface area contributed by atoms with E-state index in [0.29, 0.717) is 12.1 Å². The lowest BCUT2D eigenvalue weighted by Crippen LogP contribution is -2.55. The number of hydrogen-bond donors (Lipinski definition) is 1. The minimum Gasteiger partial charge on any atom is -0.302 e. The highest BCUT2D eigenvalue weighted by Gasteiger charge is 2.50. The number of piperidine rings is 1. The number of fused-ring (bicyclic) bond motifs is 1. The molecule has 3 nitrogen and oxygen atoms in total. The molecule has 0 bridgehead atoms. The average molecular weight is 265 g/mol.